The second-order valence-corrected chi connectivity index (χ2v) is 4.30. The number of carboxylic acid groups (broad SMARTS) is 1. The molecule has 0 bridgehead atoms. The van der Waals surface area contributed by atoms with Gasteiger partial charge in [0.2, 0.25) is 0 Å². The number of hydrogen-bond donors (Lipinski definition) is 2. The largest absolute Gasteiger partial charge is 0.478 e. The normalized spacial score (nSPS) is 10.3. The van der Waals surface area contributed by atoms with Crippen molar-refractivity contribution >= 4 is 27.6 Å². The van der Waals surface area contributed by atoms with Gasteiger partial charge in [0.05, 0.1) is 17.2 Å². The topological polar surface area (TPSA) is 75.4 Å². The fourth-order valence-electron chi connectivity index (χ4n) is 1.35. The van der Waals surface area contributed by atoms with Gasteiger partial charge in [0.1, 0.15) is 11.4 Å². The van der Waals surface area contributed by atoms with Crippen LogP contribution in [-0.2, 0) is 6.54 Å². The van der Waals surface area contributed by atoms with E-state index in [1.807, 2.05) is 0 Å². The van der Waals surface area contributed by atoms with Crippen LogP contribution in [-0.4, -0.2) is 16.2 Å². The summed E-state index contributed by atoms with van der Waals surface area (Å²) in [6, 6.07) is 4.50. The Balaban J connectivity index is 2.09. The van der Waals surface area contributed by atoms with Crippen molar-refractivity contribution in [2.45, 2.75) is 6.54 Å². The molecule has 7 heteroatoms. The number of benzene rings is 1. The molecule has 1 heterocycles. The van der Waals surface area contributed by atoms with Crippen LogP contribution in [0.25, 0.3) is 0 Å². The Morgan fingerprint density at radius 1 is 1.56 bits per heavy atom. The van der Waals surface area contributed by atoms with E-state index in [0.29, 0.717) is 10.2 Å². The predicted molar refractivity (Wildman–Crippen MR) is 64.9 cm³/mol. The highest BCUT2D eigenvalue weighted by Gasteiger charge is 2.14. The minimum absolute atomic E-state index is 0.0138. The Morgan fingerprint density at radius 2 is 2.33 bits per heavy atom. The SMILES string of the molecule is O=C(O)c1cnoc1CNc1ccc(Br)c(F)c1. The van der Waals surface area contributed by atoms with E-state index >= 15 is 0 Å². The summed E-state index contributed by atoms with van der Waals surface area (Å²) in [5.41, 5.74) is 0.503. The molecule has 94 valence electrons. The van der Waals surface area contributed by atoms with Gasteiger partial charge in [-0.3, -0.25) is 0 Å². The van der Waals surface area contributed by atoms with Crippen molar-refractivity contribution in [3.05, 3.63) is 46.0 Å². The smallest absolute Gasteiger partial charge is 0.341 e. The summed E-state index contributed by atoms with van der Waals surface area (Å²) in [4.78, 5) is 10.8. The number of halogens is 2. The van der Waals surface area contributed by atoms with Crippen LogP contribution in [0, 0.1) is 5.82 Å². The van der Waals surface area contributed by atoms with Gasteiger partial charge in [0.25, 0.3) is 0 Å². The first-order chi connectivity index (χ1) is 8.58. The Hall–Kier alpha value is -1.89. The van der Waals surface area contributed by atoms with Crippen molar-refractivity contribution in [3.8, 4) is 0 Å². The third-order valence-corrected chi connectivity index (χ3v) is 2.89. The van der Waals surface area contributed by atoms with Crippen molar-refractivity contribution in [2.75, 3.05) is 5.32 Å². The van der Waals surface area contributed by atoms with Crippen LogP contribution in [0.4, 0.5) is 10.1 Å². The van der Waals surface area contributed by atoms with Crippen LogP contribution in [0.2, 0.25) is 0 Å². The van der Waals surface area contributed by atoms with Gasteiger partial charge in [-0.1, -0.05) is 5.16 Å². The van der Waals surface area contributed by atoms with Gasteiger partial charge in [-0.2, -0.15) is 0 Å². The molecule has 0 unspecified atom stereocenters. The van der Waals surface area contributed by atoms with Crippen molar-refractivity contribution in [1.29, 1.82) is 0 Å². The Kier molecular flexibility index (Phi) is 3.61. The summed E-state index contributed by atoms with van der Waals surface area (Å²) in [7, 11) is 0. The van der Waals surface area contributed by atoms with E-state index in [1.54, 1.807) is 12.1 Å². The number of hydrogen-bond acceptors (Lipinski definition) is 4. The number of rotatable bonds is 4. The van der Waals surface area contributed by atoms with E-state index in [-0.39, 0.29) is 17.9 Å². The van der Waals surface area contributed by atoms with E-state index in [1.165, 1.54) is 6.07 Å². The molecule has 0 aliphatic heterocycles. The van der Waals surface area contributed by atoms with Gasteiger partial charge in [0, 0.05) is 5.69 Å². The van der Waals surface area contributed by atoms with Crippen molar-refractivity contribution in [3.63, 3.8) is 0 Å². The average Bonchev–Trinajstić information content (AvgIpc) is 2.79. The van der Waals surface area contributed by atoms with E-state index < -0.39 is 11.8 Å². The monoisotopic (exact) mass is 314 g/mol. The molecule has 2 N–H and O–H groups in total. The number of aromatic carboxylic acids is 1. The van der Waals surface area contributed by atoms with Gasteiger partial charge in [-0.25, -0.2) is 9.18 Å². The van der Waals surface area contributed by atoms with Gasteiger partial charge in [-0.15, -0.1) is 0 Å². The first-order valence-corrected chi connectivity index (χ1v) is 5.73. The third-order valence-electron chi connectivity index (χ3n) is 2.25. The zero-order valence-electron chi connectivity index (χ0n) is 8.98. The summed E-state index contributed by atoms with van der Waals surface area (Å²) in [6.45, 7) is 0.114. The third kappa shape index (κ3) is 2.67. The summed E-state index contributed by atoms with van der Waals surface area (Å²) < 4.78 is 18.4. The highest BCUT2D eigenvalue weighted by atomic mass is 79.9. The Labute approximate surface area is 110 Å². The van der Waals surface area contributed by atoms with Gasteiger partial charge in [0.15, 0.2) is 5.76 Å². The summed E-state index contributed by atoms with van der Waals surface area (Å²) in [6.07, 6.45) is 1.13. The van der Waals surface area contributed by atoms with Crippen LogP contribution in [0.3, 0.4) is 0 Å². The lowest BCUT2D eigenvalue weighted by atomic mass is 10.2. The van der Waals surface area contributed by atoms with Crippen LogP contribution >= 0.6 is 15.9 Å². The lowest BCUT2D eigenvalue weighted by molar-refractivity contribution is 0.0694. The molecule has 1 aromatic heterocycles. The van der Waals surface area contributed by atoms with E-state index in [2.05, 4.69) is 26.4 Å². The quantitative estimate of drug-likeness (QED) is 0.907. The molecule has 2 rings (SSSR count). The molecule has 0 aliphatic carbocycles. The standard InChI is InChI=1S/C11H8BrFN2O3/c12-8-2-1-6(3-9(8)13)14-5-10-7(11(16)17)4-15-18-10/h1-4,14H,5H2,(H,16,17). The molecule has 5 nitrogen and oxygen atoms in total. The molecule has 0 radical (unpaired) electrons. The molecule has 0 saturated heterocycles. The molecule has 1 aromatic carbocycles. The number of nitrogens with zero attached hydrogens (tertiary/aromatic N) is 1. The number of aromatic nitrogens is 1. The zero-order chi connectivity index (χ0) is 13.1. The second kappa shape index (κ2) is 5.18. The van der Waals surface area contributed by atoms with Crippen molar-refractivity contribution in [1.82, 2.24) is 5.16 Å². The van der Waals surface area contributed by atoms with Crippen LogP contribution in [0.15, 0.2) is 33.4 Å². The number of nitrogens with one attached hydrogen (secondary N) is 1. The van der Waals surface area contributed by atoms with Crippen LogP contribution in [0.1, 0.15) is 16.1 Å². The minimum Gasteiger partial charge on any atom is -0.478 e. The summed E-state index contributed by atoms with van der Waals surface area (Å²) >= 11 is 3.04. The molecule has 0 spiro atoms. The lowest BCUT2D eigenvalue weighted by Crippen LogP contribution is -2.04. The van der Waals surface area contributed by atoms with E-state index in [4.69, 9.17) is 9.63 Å². The molecule has 0 aliphatic rings. The number of anilines is 1. The zero-order valence-corrected chi connectivity index (χ0v) is 10.6. The van der Waals surface area contributed by atoms with Crippen LogP contribution in [0.5, 0.6) is 0 Å². The maximum atomic E-state index is 13.2. The summed E-state index contributed by atoms with van der Waals surface area (Å²) in [5, 5.41) is 15.1. The molecule has 2 aromatic rings. The maximum Gasteiger partial charge on any atom is 0.341 e. The minimum atomic E-state index is -1.12. The number of carbonyl (C=O) groups is 1. The lowest BCUT2D eigenvalue weighted by Gasteiger charge is -2.05. The molecular weight excluding hydrogens is 307 g/mol. The molecule has 0 saturated carbocycles. The van der Waals surface area contributed by atoms with Crippen molar-refractivity contribution in [2.24, 2.45) is 0 Å². The molecule has 18 heavy (non-hydrogen) atoms. The Bertz CT molecular complexity index is 585. The van der Waals surface area contributed by atoms with Gasteiger partial charge < -0.3 is 14.9 Å². The van der Waals surface area contributed by atoms with Crippen molar-refractivity contribution < 1.29 is 18.8 Å². The molecular formula is C11H8BrFN2O3. The number of carboxylic acids is 1. The average molecular weight is 315 g/mol. The maximum absolute atomic E-state index is 13.2. The molecule has 0 fully saturated rings. The highest BCUT2D eigenvalue weighted by Crippen LogP contribution is 2.20. The summed E-state index contributed by atoms with van der Waals surface area (Å²) in [5.74, 6) is -1.34. The second-order valence-electron chi connectivity index (χ2n) is 3.45. The predicted octanol–water partition coefficient (Wildman–Crippen LogP) is 2.89. The fourth-order valence-corrected chi connectivity index (χ4v) is 1.60. The fraction of sp³-hybridized carbons (Fsp3) is 0.0909. The van der Waals surface area contributed by atoms with Gasteiger partial charge >= 0.3 is 5.97 Å². The van der Waals surface area contributed by atoms with Gasteiger partial charge in [-0.05, 0) is 34.1 Å². The highest BCUT2D eigenvalue weighted by molar-refractivity contribution is 9.10. The van der Waals surface area contributed by atoms with E-state index in [9.17, 15) is 9.18 Å². The Morgan fingerprint density at radius 3 is 3.00 bits per heavy atom. The molecule has 0 atom stereocenters. The first-order valence-electron chi connectivity index (χ1n) is 4.93. The van der Waals surface area contributed by atoms with E-state index in [0.717, 1.165) is 6.20 Å². The first kappa shape index (κ1) is 12.6. The van der Waals surface area contributed by atoms with Crippen LogP contribution < -0.4 is 5.32 Å². The molecule has 0 amide bonds.